The Morgan fingerprint density at radius 3 is 2.28 bits per heavy atom. The van der Waals surface area contributed by atoms with Crippen LogP contribution < -0.4 is 5.73 Å². The summed E-state index contributed by atoms with van der Waals surface area (Å²) in [7, 11) is 1.84. The highest BCUT2D eigenvalue weighted by Gasteiger charge is 2.52. The van der Waals surface area contributed by atoms with Gasteiger partial charge in [0.15, 0.2) is 0 Å². The third-order valence-electron chi connectivity index (χ3n) is 7.26. The number of nitrogens with zero attached hydrogens (tertiary/aromatic N) is 3. The van der Waals surface area contributed by atoms with Gasteiger partial charge >= 0.3 is 0 Å². The summed E-state index contributed by atoms with van der Waals surface area (Å²) in [6.45, 7) is 8.51. The number of halogens is 1. The molecule has 0 aliphatic carbocycles. The Morgan fingerprint density at radius 1 is 1.00 bits per heavy atom. The van der Waals surface area contributed by atoms with E-state index in [-0.39, 0.29) is 6.04 Å². The summed E-state index contributed by atoms with van der Waals surface area (Å²) in [5.74, 6) is -2.41. The van der Waals surface area contributed by atoms with Gasteiger partial charge in [-0.15, -0.1) is 0 Å². The minimum absolute atomic E-state index is 0.0578. The first-order valence-electron chi connectivity index (χ1n) is 12.2. The number of aromatic nitrogens is 2. The molecule has 1 aliphatic heterocycles. The van der Waals surface area contributed by atoms with Crippen LogP contribution in [0, 0.1) is 13.8 Å². The number of carbonyl (C=O) groups excluding carboxylic acids is 1. The molecule has 0 bridgehead atoms. The lowest BCUT2D eigenvalue weighted by atomic mass is 9.86. The maximum atomic E-state index is 17.6. The smallest absolute Gasteiger partial charge is 0.248 e. The van der Waals surface area contributed by atoms with Crippen molar-refractivity contribution in [3.8, 4) is 22.4 Å². The van der Waals surface area contributed by atoms with Crippen LogP contribution in [0.3, 0.4) is 0 Å². The first-order valence-corrected chi connectivity index (χ1v) is 12.2. The fraction of sp³-hybridized carbons (Fsp3) is 0.267. The fourth-order valence-corrected chi connectivity index (χ4v) is 5.62. The average molecular weight is 483 g/mol. The third-order valence-corrected chi connectivity index (χ3v) is 7.26. The number of nitrogens with two attached hydrogens (primary N) is 1. The molecule has 0 radical (unpaired) electrons. The van der Waals surface area contributed by atoms with E-state index in [0.717, 1.165) is 27.8 Å². The van der Waals surface area contributed by atoms with E-state index in [1.54, 1.807) is 16.8 Å². The Kier molecular flexibility index (Phi) is 5.80. The highest BCUT2D eigenvalue weighted by atomic mass is 19.1. The van der Waals surface area contributed by atoms with Gasteiger partial charge < -0.3 is 5.73 Å². The molecule has 0 saturated heterocycles. The molecule has 0 spiro atoms. The second-order valence-corrected chi connectivity index (χ2v) is 9.90. The lowest BCUT2D eigenvalue weighted by Gasteiger charge is -2.36. The summed E-state index contributed by atoms with van der Waals surface area (Å²) in [6, 6.07) is 20.8. The molecule has 36 heavy (non-hydrogen) atoms. The van der Waals surface area contributed by atoms with Crippen molar-refractivity contribution >= 4 is 5.91 Å². The summed E-state index contributed by atoms with van der Waals surface area (Å²) in [4.78, 5) is 14.1. The van der Waals surface area contributed by atoms with Gasteiger partial charge in [0, 0.05) is 36.3 Å². The van der Waals surface area contributed by atoms with Gasteiger partial charge in [-0.2, -0.15) is 5.10 Å². The molecular weight excluding hydrogens is 451 g/mol. The second-order valence-electron chi connectivity index (χ2n) is 9.90. The molecule has 0 saturated carbocycles. The Morgan fingerprint density at radius 2 is 1.67 bits per heavy atom. The van der Waals surface area contributed by atoms with Crippen LogP contribution in [-0.4, -0.2) is 26.6 Å². The van der Waals surface area contributed by atoms with E-state index < -0.39 is 11.7 Å². The van der Waals surface area contributed by atoms with Crippen LogP contribution in [0.15, 0.2) is 66.7 Å². The van der Waals surface area contributed by atoms with Crippen molar-refractivity contribution in [2.24, 2.45) is 12.8 Å². The molecule has 184 valence electrons. The van der Waals surface area contributed by atoms with Crippen molar-refractivity contribution < 1.29 is 9.18 Å². The highest BCUT2D eigenvalue weighted by Crippen LogP contribution is 2.51. The minimum atomic E-state index is -1.88. The Bertz CT molecular complexity index is 1450. The van der Waals surface area contributed by atoms with Crippen LogP contribution in [0.5, 0.6) is 0 Å². The molecule has 2 N–H and O–H groups in total. The number of alkyl halides is 1. The van der Waals surface area contributed by atoms with Gasteiger partial charge in [0.1, 0.15) is 0 Å². The molecule has 0 fully saturated rings. The van der Waals surface area contributed by atoms with Crippen molar-refractivity contribution in [1.29, 1.82) is 0 Å². The van der Waals surface area contributed by atoms with Gasteiger partial charge in [-0.1, -0.05) is 54.6 Å². The molecular formula is C30H31FN4O. The zero-order valence-electron chi connectivity index (χ0n) is 21.3. The lowest BCUT2D eigenvalue weighted by Crippen LogP contribution is -2.43. The van der Waals surface area contributed by atoms with Crippen molar-refractivity contribution in [2.45, 2.75) is 46.1 Å². The van der Waals surface area contributed by atoms with E-state index in [9.17, 15) is 4.79 Å². The van der Waals surface area contributed by atoms with Crippen LogP contribution >= 0.6 is 0 Å². The average Bonchev–Trinajstić information content (AvgIpc) is 3.33. The van der Waals surface area contributed by atoms with Crippen LogP contribution in [0.2, 0.25) is 0 Å². The number of fused-ring (bicyclic) bond motifs is 1. The second kappa shape index (κ2) is 8.71. The summed E-state index contributed by atoms with van der Waals surface area (Å²) < 4.78 is 19.4. The molecule has 5 rings (SSSR count). The van der Waals surface area contributed by atoms with Crippen LogP contribution in [0.25, 0.3) is 22.4 Å². The fourth-order valence-electron chi connectivity index (χ4n) is 5.62. The topological polar surface area (TPSA) is 64.2 Å². The Hall–Kier alpha value is -3.77. The molecule has 6 heteroatoms. The van der Waals surface area contributed by atoms with Crippen molar-refractivity contribution in [3.05, 3.63) is 100 Å². The van der Waals surface area contributed by atoms with E-state index in [0.29, 0.717) is 34.6 Å². The first kappa shape index (κ1) is 23.9. The van der Waals surface area contributed by atoms with Gasteiger partial charge in [0.2, 0.25) is 11.7 Å². The number of carbonyl (C=O) groups is 1. The number of rotatable bonds is 5. The molecule has 1 aromatic heterocycles. The molecule has 1 unspecified atom stereocenters. The SMILES string of the molecule is Cc1cccc(C)c1-c1ccc(C(N)=O)cc1-c1c2c(nn1C)CN(C(C)C)C2(F)c1ccccc1. The van der Waals surface area contributed by atoms with Gasteiger partial charge in [0.25, 0.3) is 0 Å². The molecule has 3 aromatic carbocycles. The minimum Gasteiger partial charge on any atom is -0.366 e. The predicted octanol–water partition coefficient (Wildman–Crippen LogP) is 5.86. The number of benzene rings is 3. The van der Waals surface area contributed by atoms with Crippen LogP contribution in [-0.2, 0) is 19.4 Å². The number of hydrogen-bond acceptors (Lipinski definition) is 3. The number of hydrogen-bond donors (Lipinski definition) is 1. The molecule has 2 heterocycles. The van der Waals surface area contributed by atoms with E-state index in [2.05, 4.69) is 26.0 Å². The van der Waals surface area contributed by atoms with Crippen molar-refractivity contribution in [2.75, 3.05) is 0 Å². The lowest BCUT2D eigenvalue weighted by molar-refractivity contribution is -0.0138. The van der Waals surface area contributed by atoms with Crippen LogP contribution in [0.4, 0.5) is 4.39 Å². The molecule has 1 atom stereocenters. The number of amides is 1. The standard InChI is InChI=1S/C30H31FN4O/c1-18(2)35-17-25-27(30(35,31)22-12-7-6-8-13-22)28(34(5)33-25)24-16-21(29(32)36)14-15-23(24)26-19(3)10-9-11-20(26)4/h6-16,18H,17H2,1-5H3,(H2,32,36). The quantitative estimate of drug-likeness (QED) is 0.362. The van der Waals surface area contributed by atoms with Gasteiger partial charge in [-0.25, -0.2) is 4.39 Å². The first-order chi connectivity index (χ1) is 17.1. The van der Waals surface area contributed by atoms with E-state index in [1.165, 1.54) is 0 Å². The predicted molar refractivity (Wildman–Crippen MR) is 141 cm³/mol. The largest absolute Gasteiger partial charge is 0.366 e. The maximum Gasteiger partial charge on any atom is 0.248 e. The van der Waals surface area contributed by atoms with Gasteiger partial charge in [0.05, 0.1) is 17.0 Å². The van der Waals surface area contributed by atoms with Gasteiger partial charge in [-0.05, 0) is 62.1 Å². The molecule has 1 amide bonds. The zero-order valence-corrected chi connectivity index (χ0v) is 21.3. The molecule has 4 aromatic rings. The maximum absolute atomic E-state index is 17.6. The third kappa shape index (κ3) is 3.56. The van der Waals surface area contributed by atoms with E-state index in [4.69, 9.17) is 10.8 Å². The number of aryl methyl sites for hydroxylation is 3. The van der Waals surface area contributed by atoms with Crippen molar-refractivity contribution in [3.63, 3.8) is 0 Å². The molecule has 1 aliphatic rings. The van der Waals surface area contributed by atoms with Gasteiger partial charge in [-0.3, -0.25) is 14.4 Å². The summed E-state index contributed by atoms with van der Waals surface area (Å²) in [5.41, 5.74) is 13.4. The Balaban J connectivity index is 1.86. The summed E-state index contributed by atoms with van der Waals surface area (Å²) >= 11 is 0. The Labute approximate surface area is 211 Å². The summed E-state index contributed by atoms with van der Waals surface area (Å²) in [6.07, 6.45) is 0. The zero-order chi connectivity index (χ0) is 25.8. The summed E-state index contributed by atoms with van der Waals surface area (Å²) in [5, 5.41) is 4.79. The normalized spacial score (nSPS) is 17.5. The van der Waals surface area contributed by atoms with E-state index >= 15 is 4.39 Å². The number of primary amides is 1. The molecule has 5 nitrogen and oxygen atoms in total. The monoisotopic (exact) mass is 482 g/mol. The van der Waals surface area contributed by atoms with Crippen LogP contribution in [0.1, 0.15) is 52.2 Å². The van der Waals surface area contributed by atoms with Crippen molar-refractivity contribution in [1.82, 2.24) is 14.7 Å². The highest BCUT2D eigenvalue weighted by molar-refractivity contribution is 5.97. The van der Waals surface area contributed by atoms with E-state index in [1.807, 2.05) is 68.3 Å².